The molecule has 0 amide bonds. The van der Waals surface area contributed by atoms with Crippen molar-refractivity contribution in [3.05, 3.63) is 0 Å². The van der Waals surface area contributed by atoms with E-state index in [0.717, 1.165) is 11.3 Å². The van der Waals surface area contributed by atoms with Crippen LogP contribution in [0.3, 0.4) is 0 Å². The summed E-state index contributed by atoms with van der Waals surface area (Å²) in [6.45, 7) is 0. The molecule has 11 heavy (non-hydrogen) atoms. The molecule has 0 aromatic carbocycles. The van der Waals surface area contributed by atoms with Gasteiger partial charge in [0.25, 0.3) is 0 Å². The fourth-order valence-corrected chi connectivity index (χ4v) is 3.27. The Morgan fingerprint density at radius 2 is 1.73 bits per heavy atom. The zero-order valence-corrected chi connectivity index (χ0v) is 8.70. The molecule has 2 aliphatic carbocycles. The second-order valence-electron chi connectivity index (χ2n) is 4.45. The highest BCUT2D eigenvalue weighted by Gasteiger charge is 2.39. The first-order chi connectivity index (χ1) is 5.35. The van der Waals surface area contributed by atoms with Crippen LogP contribution in [0.5, 0.6) is 0 Å². The van der Waals surface area contributed by atoms with Crippen molar-refractivity contribution in [3.63, 3.8) is 0 Å². The lowest BCUT2D eigenvalue weighted by Crippen LogP contribution is -2.34. The fourth-order valence-electron chi connectivity index (χ4n) is 2.62. The van der Waals surface area contributed by atoms with E-state index in [9.17, 15) is 0 Å². The Morgan fingerprint density at radius 1 is 1.09 bits per heavy atom. The van der Waals surface area contributed by atoms with E-state index in [1.165, 1.54) is 37.4 Å². The summed E-state index contributed by atoms with van der Waals surface area (Å²) in [5.41, 5.74) is 0.860. The second-order valence-corrected chi connectivity index (χ2v) is 5.10. The smallest absolute Gasteiger partial charge is 0.00596 e. The van der Waals surface area contributed by atoms with E-state index in [-0.39, 0.29) is 0 Å². The Balaban J connectivity index is 1.84. The third kappa shape index (κ3) is 1.49. The molecule has 0 nitrogen and oxygen atoms in total. The molecular formula is C10H17Br. The van der Waals surface area contributed by atoms with Gasteiger partial charge in [-0.05, 0) is 49.9 Å². The highest BCUT2D eigenvalue weighted by molar-refractivity contribution is 9.09. The maximum absolute atomic E-state index is 3.59. The van der Waals surface area contributed by atoms with E-state index in [1.807, 2.05) is 0 Å². The monoisotopic (exact) mass is 216 g/mol. The van der Waals surface area contributed by atoms with Gasteiger partial charge in [0.2, 0.25) is 0 Å². The van der Waals surface area contributed by atoms with Gasteiger partial charge in [0.15, 0.2) is 0 Å². The van der Waals surface area contributed by atoms with Crippen LogP contribution in [0.1, 0.15) is 44.9 Å². The molecule has 0 atom stereocenters. The Kier molecular flexibility index (Phi) is 2.27. The van der Waals surface area contributed by atoms with E-state index in [1.54, 1.807) is 12.8 Å². The van der Waals surface area contributed by atoms with Crippen LogP contribution < -0.4 is 0 Å². The van der Waals surface area contributed by atoms with Crippen molar-refractivity contribution in [1.82, 2.24) is 0 Å². The predicted molar refractivity (Wildman–Crippen MR) is 52.0 cm³/mol. The largest absolute Gasteiger partial charge is 0.0925 e. The van der Waals surface area contributed by atoms with Crippen LogP contribution in [0.2, 0.25) is 0 Å². The van der Waals surface area contributed by atoms with E-state index in [0.29, 0.717) is 0 Å². The van der Waals surface area contributed by atoms with Gasteiger partial charge in [-0.3, -0.25) is 0 Å². The number of hydrogen-bond donors (Lipinski definition) is 0. The minimum absolute atomic E-state index is 0.860. The van der Waals surface area contributed by atoms with Crippen molar-refractivity contribution in [3.8, 4) is 0 Å². The molecule has 2 saturated carbocycles. The molecule has 64 valence electrons. The molecule has 1 spiro atoms. The van der Waals surface area contributed by atoms with Crippen molar-refractivity contribution < 1.29 is 0 Å². The molecule has 0 heterocycles. The summed E-state index contributed by atoms with van der Waals surface area (Å²) >= 11 is 3.59. The minimum atomic E-state index is 0.860. The van der Waals surface area contributed by atoms with E-state index in [4.69, 9.17) is 0 Å². The first kappa shape index (κ1) is 8.10. The van der Waals surface area contributed by atoms with E-state index in [2.05, 4.69) is 15.9 Å². The Labute approximate surface area is 77.9 Å². The second kappa shape index (κ2) is 3.08. The van der Waals surface area contributed by atoms with Crippen LogP contribution in [0.4, 0.5) is 0 Å². The van der Waals surface area contributed by atoms with Gasteiger partial charge in [0.1, 0.15) is 0 Å². The zero-order valence-electron chi connectivity index (χ0n) is 7.11. The summed E-state index contributed by atoms with van der Waals surface area (Å²) in [7, 11) is 0. The third-order valence-corrected chi connectivity index (χ3v) is 4.71. The molecule has 0 aromatic heterocycles. The topological polar surface area (TPSA) is 0 Å². The van der Waals surface area contributed by atoms with Crippen molar-refractivity contribution in [2.45, 2.75) is 44.9 Å². The van der Waals surface area contributed by atoms with Gasteiger partial charge in [0, 0.05) is 5.33 Å². The molecule has 0 bridgehead atoms. The normalized spacial score (nSPS) is 30.3. The highest BCUT2D eigenvalue weighted by Crippen LogP contribution is 2.52. The van der Waals surface area contributed by atoms with Gasteiger partial charge in [-0.2, -0.15) is 0 Å². The van der Waals surface area contributed by atoms with Gasteiger partial charge in [-0.1, -0.05) is 22.4 Å². The lowest BCUT2D eigenvalue weighted by atomic mass is 9.59. The van der Waals surface area contributed by atoms with Gasteiger partial charge < -0.3 is 0 Å². The van der Waals surface area contributed by atoms with Crippen molar-refractivity contribution in [2.75, 3.05) is 5.33 Å². The van der Waals surface area contributed by atoms with Crippen LogP contribution in [0.15, 0.2) is 0 Å². The van der Waals surface area contributed by atoms with E-state index < -0.39 is 0 Å². The van der Waals surface area contributed by atoms with Gasteiger partial charge >= 0.3 is 0 Å². The summed E-state index contributed by atoms with van der Waals surface area (Å²) in [6, 6.07) is 0. The molecule has 0 unspecified atom stereocenters. The number of alkyl halides is 1. The summed E-state index contributed by atoms with van der Waals surface area (Å²) < 4.78 is 0. The van der Waals surface area contributed by atoms with Crippen LogP contribution in [-0.4, -0.2) is 5.33 Å². The van der Waals surface area contributed by atoms with Crippen LogP contribution in [0, 0.1) is 11.3 Å². The number of halogens is 1. The first-order valence-electron chi connectivity index (χ1n) is 4.91. The van der Waals surface area contributed by atoms with Gasteiger partial charge in [0.05, 0.1) is 0 Å². The molecule has 2 rings (SSSR count). The molecule has 1 heteroatoms. The third-order valence-electron chi connectivity index (χ3n) is 3.80. The molecular weight excluding hydrogens is 200 g/mol. The van der Waals surface area contributed by atoms with Crippen molar-refractivity contribution in [2.24, 2.45) is 11.3 Å². The summed E-state index contributed by atoms with van der Waals surface area (Å²) in [6.07, 6.45) is 10.6. The van der Waals surface area contributed by atoms with Crippen LogP contribution in [-0.2, 0) is 0 Å². The molecule has 0 radical (unpaired) electrons. The minimum Gasteiger partial charge on any atom is -0.0925 e. The molecule has 0 saturated heterocycles. The summed E-state index contributed by atoms with van der Waals surface area (Å²) in [5.74, 6) is 1.00. The molecule has 2 fully saturated rings. The molecule has 0 aliphatic heterocycles. The van der Waals surface area contributed by atoms with Gasteiger partial charge in [-0.15, -0.1) is 0 Å². The van der Waals surface area contributed by atoms with Crippen LogP contribution in [0.25, 0.3) is 0 Å². The number of rotatable bonds is 1. The average molecular weight is 217 g/mol. The maximum atomic E-state index is 3.59. The highest BCUT2D eigenvalue weighted by atomic mass is 79.9. The molecule has 2 aliphatic rings. The predicted octanol–water partition coefficient (Wildman–Crippen LogP) is 3.74. The standard InChI is InChI=1S/C10H17Br/c11-8-9-2-6-10(7-3-9)4-1-5-10/h9H,1-8H2. The van der Waals surface area contributed by atoms with Crippen molar-refractivity contribution in [1.29, 1.82) is 0 Å². The lowest BCUT2D eigenvalue weighted by Gasteiger charge is -2.46. The number of hydrogen-bond acceptors (Lipinski definition) is 0. The molecule has 0 aromatic rings. The Morgan fingerprint density at radius 3 is 2.09 bits per heavy atom. The maximum Gasteiger partial charge on any atom is 0.00596 e. The molecule has 0 N–H and O–H groups in total. The first-order valence-corrected chi connectivity index (χ1v) is 6.03. The lowest BCUT2D eigenvalue weighted by molar-refractivity contribution is 0.0604. The van der Waals surface area contributed by atoms with Crippen LogP contribution >= 0.6 is 15.9 Å². The fraction of sp³-hybridized carbons (Fsp3) is 1.00. The summed E-state index contributed by atoms with van der Waals surface area (Å²) in [5, 5.41) is 1.24. The Hall–Kier alpha value is 0.480. The van der Waals surface area contributed by atoms with Crippen molar-refractivity contribution >= 4 is 15.9 Å². The summed E-state index contributed by atoms with van der Waals surface area (Å²) in [4.78, 5) is 0. The van der Waals surface area contributed by atoms with E-state index >= 15 is 0 Å². The average Bonchev–Trinajstić information content (AvgIpc) is 2.02. The zero-order chi connectivity index (χ0) is 7.73. The van der Waals surface area contributed by atoms with Gasteiger partial charge in [-0.25, -0.2) is 0 Å². The Bertz CT molecular complexity index is 128. The SMILES string of the molecule is BrCC1CCC2(CCC2)CC1. The quantitative estimate of drug-likeness (QED) is 0.587.